The van der Waals surface area contributed by atoms with Crippen molar-refractivity contribution in [2.45, 2.75) is 12.8 Å². The minimum Gasteiger partial charge on any atom is -0.497 e. The van der Waals surface area contributed by atoms with Crippen molar-refractivity contribution in [2.75, 3.05) is 7.11 Å². The molecule has 186 valence electrons. The number of hydrogen-bond donors (Lipinski definition) is 0. The van der Waals surface area contributed by atoms with Crippen LogP contribution < -0.4 is 9.47 Å². The zero-order valence-electron chi connectivity index (χ0n) is 20.4. The van der Waals surface area contributed by atoms with Gasteiger partial charge in [0, 0.05) is 23.0 Å². The van der Waals surface area contributed by atoms with Crippen LogP contribution in [0.1, 0.15) is 28.3 Å². The second-order valence-corrected chi connectivity index (χ2v) is 9.35. The van der Waals surface area contributed by atoms with E-state index in [9.17, 15) is 0 Å². The minimum atomic E-state index is -0.269. The van der Waals surface area contributed by atoms with Gasteiger partial charge in [-0.1, -0.05) is 29.8 Å². The first kappa shape index (κ1) is 22.4. The van der Waals surface area contributed by atoms with E-state index < -0.39 is 0 Å². The lowest BCUT2D eigenvalue weighted by Crippen LogP contribution is -2.16. The van der Waals surface area contributed by atoms with E-state index in [0.29, 0.717) is 28.3 Å². The molecule has 4 aromatic heterocycles. The third-order valence-corrected chi connectivity index (χ3v) is 6.88. The topological polar surface area (TPSA) is 92.2 Å². The van der Waals surface area contributed by atoms with Gasteiger partial charge in [0.2, 0.25) is 11.8 Å². The van der Waals surface area contributed by atoms with Gasteiger partial charge in [0.15, 0.2) is 11.5 Å². The largest absolute Gasteiger partial charge is 0.497 e. The van der Waals surface area contributed by atoms with E-state index in [1.54, 1.807) is 35.0 Å². The number of hydrogen-bond acceptors (Lipinski definition) is 7. The number of methoxy groups -OCH3 is 1. The van der Waals surface area contributed by atoms with Gasteiger partial charge < -0.3 is 9.47 Å². The van der Waals surface area contributed by atoms with Crippen LogP contribution in [-0.2, 0) is 0 Å². The molecular weight excluding hydrogens is 502 g/mol. The average molecular weight is 522 g/mol. The highest BCUT2D eigenvalue weighted by molar-refractivity contribution is 6.30. The number of aryl methyl sites for hydroxylation is 1. The maximum absolute atomic E-state index is 6.47. The number of benzene rings is 2. The Balaban J connectivity index is 1.48. The smallest absolute Gasteiger partial charge is 0.230 e. The number of fused-ring (bicyclic) bond motifs is 4. The summed E-state index contributed by atoms with van der Waals surface area (Å²) in [6.45, 7) is 1.98. The molecule has 0 fully saturated rings. The van der Waals surface area contributed by atoms with Gasteiger partial charge in [-0.05, 0) is 55.0 Å². The van der Waals surface area contributed by atoms with Crippen LogP contribution in [0.5, 0.6) is 17.5 Å². The summed E-state index contributed by atoms with van der Waals surface area (Å²) in [6, 6.07) is 19.3. The molecule has 2 aromatic carbocycles. The standard InChI is InChI=1S/C28H20ClN7O2/c1-16-22-23(17-8-10-21(37-2)11-9-17)24-26-32-25(18-5-4-12-30-14-18)34-35(26)15-31-27(24)38-28(22)36(33-16)20-7-3-6-19(29)13-20/h3-15,23H,1-2H3/t23-/m0/s1. The van der Waals surface area contributed by atoms with Gasteiger partial charge in [-0.25, -0.2) is 19.2 Å². The molecular formula is C28H20ClN7O2. The predicted octanol–water partition coefficient (Wildman–Crippen LogP) is 5.63. The number of nitrogens with zero attached hydrogens (tertiary/aromatic N) is 7. The lowest BCUT2D eigenvalue weighted by atomic mass is 9.84. The molecule has 9 nitrogen and oxygen atoms in total. The molecule has 5 heterocycles. The Bertz CT molecular complexity index is 1810. The molecule has 0 spiro atoms. The summed E-state index contributed by atoms with van der Waals surface area (Å²) in [7, 11) is 1.65. The molecule has 7 rings (SSSR count). The molecule has 1 atom stereocenters. The first-order valence-corrected chi connectivity index (χ1v) is 12.3. The Hall–Kier alpha value is -4.76. The molecule has 6 aromatic rings. The fourth-order valence-corrected chi connectivity index (χ4v) is 5.09. The highest BCUT2D eigenvalue weighted by Gasteiger charge is 2.38. The normalized spacial score (nSPS) is 14.1. The molecule has 1 aliphatic heterocycles. The van der Waals surface area contributed by atoms with E-state index in [4.69, 9.17) is 31.2 Å². The van der Waals surface area contributed by atoms with Gasteiger partial charge in [-0.3, -0.25) is 4.98 Å². The van der Waals surface area contributed by atoms with Crippen LogP contribution in [0, 0.1) is 6.92 Å². The van der Waals surface area contributed by atoms with E-state index in [1.165, 1.54) is 0 Å². The Kier molecular flexibility index (Phi) is 5.12. The SMILES string of the molecule is COc1ccc([C@H]2c3c(C)nn(-c4cccc(Cl)c4)c3Oc3ncn4nc(-c5cccnc5)nc4c32)cc1. The van der Waals surface area contributed by atoms with E-state index in [1.807, 2.05) is 67.6 Å². The molecule has 0 radical (unpaired) electrons. The Morgan fingerprint density at radius 3 is 2.63 bits per heavy atom. The monoisotopic (exact) mass is 521 g/mol. The van der Waals surface area contributed by atoms with E-state index in [-0.39, 0.29) is 5.92 Å². The molecule has 0 aliphatic carbocycles. The van der Waals surface area contributed by atoms with E-state index in [2.05, 4.69) is 15.1 Å². The minimum absolute atomic E-state index is 0.269. The summed E-state index contributed by atoms with van der Waals surface area (Å²) >= 11 is 6.31. The third kappa shape index (κ3) is 3.51. The van der Waals surface area contributed by atoms with Crippen LogP contribution in [0.15, 0.2) is 79.4 Å². The lowest BCUT2D eigenvalue weighted by Gasteiger charge is -2.26. The highest BCUT2D eigenvalue weighted by Crippen LogP contribution is 2.50. The Morgan fingerprint density at radius 2 is 1.87 bits per heavy atom. The van der Waals surface area contributed by atoms with Crippen molar-refractivity contribution in [2.24, 2.45) is 0 Å². The van der Waals surface area contributed by atoms with Crippen LogP contribution in [0.2, 0.25) is 5.02 Å². The molecule has 0 unspecified atom stereocenters. The molecule has 0 saturated carbocycles. The first-order chi connectivity index (χ1) is 18.6. The second-order valence-electron chi connectivity index (χ2n) is 8.91. The Morgan fingerprint density at radius 1 is 1.00 bits per heavy atom. The van der Waals surface area contributed by atoms with Gasteiger partial charge in [0.1, 0.15) is 12.1 Å². The van der Waals surface area contributed by atoms with E-state index >= 15 is 0 Å². The molecule has 0 bridgehead atoms. The van der Waals surface area contributed by atoms with Gasteiger partial charge in [-0.2, -0.15) is 5.10 Å². The number of aromatic nitrogens is 7. The van der Waals surface area contributed by atoms with Crippen molar-refractivity contribution in [3.05, 3.63) is 107 Å². The number of ether oxygens (including phenoxy) is 2. The molecule has 1 aliphatic rings. The van der Waals surface area contributed by atoms with Crippen molar-refractivity contribution in [1.29, 1.82) is 0 Å². The van der Waals surface area contributed by atoms with Gasteiger partial charge in [0.25, 0.3) is 0 Å². The molecule has 38 heavy (non-hydrogen) atoms. The first-order valence-electron chi connectivity index (χ1n) is 11.9. The van der Waals surface area contributed by atoms with Crippen LogP contribution in [-0.4, -0.2) is 41.5 Å². The third-order valence-electron chi connectivity index (χ3n) is 6.64. The zero-order valence-corrected chi connectivity index (χ0v) is 21.2. The van der Waals surface area contributed by atoms with Crippen molar-refractivity contribution in [3.63, 3.8) is 0 Å². The average Bonchev–Trinajstić information content (AvgIpc) is 3.54. The number of halogens is 1. The van der Waals surface area contributed by atoms with Crippen LogP contribution in [0.4, 0.5) is 0 Å². The zero-order chi connectivity index (χ0) is 25.8. The van der Waals surface area contributed by atoms with Gasteiger partial charge in [0.05, 0.1) is 35.5 Å². The maximum atomic E-state index is 6.47. The van der Waals surface area contributed by atoms with E-state index in [0.717, 1.165) is 39.4 Å². The van der Waals surface area contributed by atoms with Crippen molar-refractivity contribution in [3.8, 4) is 34.6 Å². The molecule has 0 saturated heterocycles. The van der Waals surface area contributed by atoms with Crippen LogP contribution in [0.3, 0.4) is 0 Å². The molecule has 0 N–H and O–H groups in total. The summed E-state index contributed by atoms with van der Waals surface area (Å²) in [6.07, 6.45) is 5.07. The summed E-state index contributed by atoms with van der Waals surface area (Å²) < 4.78 is 15.3. The van der Waals surface area contributed by atoms with Gasteiger partial charge in [-0.15, -0.1) is 5.10 Å². The highest BCUT2D eigenvalue weighted by atomic mass is 35.5. The van der Waals surface area contributed by atoms with Crippen molar-refractivity contribution in [1.82, 2.24) is 34.3 Å². The van der Waals surface area contributed by atoms with Crippen LogP contribution in [0.25, 0.3) is 22.7 Å². The summed E-state index contributed by atoms with van der Waals surface area (Å²) in [5, 5.41) is 10.1. The number of pyridine rings is 1. The Labute approximate surface area is 222 Å². The molecule has 0 amide bonds. The second kappa shape index (κ2) is 8.67. The van der Waals surface area contributed by atoms with Crippen LogP contribution >= 0.6 is 11.6 Å². The summed E-state index contributed by atoms with van der Waals surface area (Å²) in [4.78, 5) is 13.8. The molecule has 10 heteroatoms. The van der Waals surface area contributed by atoms with Crippen molar-refractivity contribution >= 4 is 17.2 Å². The van der Waals surface area contributed by atoms with Gasteiger partial charge >= 0.3 is 0 Å². The predicted molar refractivity (Wildman–Crippen MR) is 141 cm³/mol. The fourth-order valence-electron chi connectivity index (χ4n) is 4.91. The van der Waals surface area contributed by atoms with Crippen molar-refractivity contribution < 1.29 is 9.47 Å². The lowest BCUT2D eigenvalue weighted by molar-refractivity contribution is 0.402. The summed E-state index contributed by atoms with van der Waals surface area (Å²) in [5.41, 5.74) is 5.82. The quantitative estimate of drug-likeness (QED) is 0.296. The fraction of sp³-hybridized carbons (Fsp3) is 0.107. The maximum Gasteiger partial charge on any atom is 0.230 e. The summed E-state index contributed by atoms with van der Waals surface area (Å²) in [5.74, 6) is 2.08. The number of rotatable bonds is 4.